The van der Waals surface area contributed by atoms with Crippen molar-refractivity contribution in [3.8, 4) is 23.0 Å². The number of allylic oxidation sites excluding steroid dienone is 4. The van der Waals surface area contributed by atoms with Gasteiger partial charge in [-0.3, -0.25) is 0 Å². The molecule has 6 aromatic rings. The van der Waals surface area contributed by atoms with Gasteiger partial charge in [0.15, 0.2) is 11.5 Å². The van der Waals surface area contributed by atoms with E-state index in [1.807, 2.05) is 41.0 Å². The molecule has 4 N–H and O–H groups in total. The maximum atomic E-state index is 11.1. The summed E-state index contributed by atoms with van der Waals surface area (Å²) in [7, 11) is 0. The van der Waals surface area contributed by atoms with Crippen LogP contribution in [0, 0.1) is 0 Å². The van der Waals surface area contributed by atoms with E-state index in [-0.39, 0.29) is 5.52 Å². The molecule has 1 aliphatic carbocycles. The third kappa shape index (κ3) is 2.28. The van der Waals surface area contributed by atoms with Crippen molar-refractivity contribution < 1.29 is 20.4 Å². The quantitative estimate of drug-likeness (QED) is 0.151. The Balaban J connectivity index is 1.90. The molecule has 0 spiro atoms. The molecule has 34 heavy (non-hydrogen) atoms. The Bertz CT molecular complexity index is 1910. The number of aromatic nitrogens is 1. The number of phenolic OH excluding ortho intramolecular Hbond substituents is 4. The van der Waals surface area contributed by atoms with E-state index in [2.05, 4.69) is 30.4 Å². The van der Waals surface area contributed by atoms with Crippen LogP contribution >= 0.6 is 11.3 Å². The molecule has 0 saturated carbocycles. The maximum Gasteiger partial charge on any atom is 0.206 e. The maximum absolute atomic E-state index is 11.1. The lowest BCUT2D eigenvalue weighted by Crippen LogP contribution is -1.98. The largest absolute Gasteiger partial charge is 0.504 e. The van der Waals surface area contributed by atoms with Crippen molar-refractivity contribution in [3.05, 3.63) is 66.8 Å². The lowest BCUT2D eigenvalue weighted by atomic mass is 9.99. The summed E-state index contributed by atoms with van der Waals surface area (Å²) in [5.74, 6) is -2.35. The molecule has 166 valence electrons. The first-order valence-corrected chi connectivity index (χ1v) is 11.9. The molecule has 0 bridgehead atoms. The Morgan fingerprint density at radius 1 is 0.647 bits per heavy atom. The fourth-order valence-electron chi connectivity index (χ4n) is 5.38. The minimum Gasteiger partial charge on any atom is -0.504 e. The zero-order valence-corrected chi connectivity index (χ0v) is 18.7. The summed E-state index contributed by atoms with van der Waals surface area (Å²) in [6, 6.07) is 16.3. The average molecular weight is 466 g/mol. The van der Waals surface area contributed by atoms with Gasteiger partial charge in [-0.05, 0) is 30.4 Å². The molecular weight excluding hydrogens is 446 g/mol. The van der Waals surface area contributed by atoms with E-state index >= 15 is 0 Å². The zero-order valence-electron chi connectivity index (χ0n) is 17.9. The molecule has 2 heterocycles. The second-order valence-electron chi connectivity index (χ2n) is 8.63. The van der Waals surface area contributed by atoms with Gasteiger partial charge in [-0.15, -0.1) is 11.3 Å². The average Bonchev–Trinajstić information content (AvgIpc) is 3.44. The highest BCUT2D eigenvalue weighted by Gasteiger charge is 2.29. The molecule has 4 aromatic carbocycles. The zero-order chi connectivity index (χ0) is 23.1. The number of thiophene rings is 1. The number of nitrogens with zero attached hydrogens (tertiary/aromatic N) is 1. The normalized spacial score (nSPS) is 14.2. The van der Waals surface area contributed by atoms with E-state index in [1.54, 1.807) is 11.3 Å². The van der Waals surface area contributed by atoms with Crippen molar-refractivity contribution in [2.75, 3.05) is 0 Å². The van der Waals surface area contributed by atoms with Gasteiger partial charge in [0.25, 0.3) is 0 Å². The summed E-state index contributed by atoms with van der Waals surface area (Å²) < 4.78 is 3.97. The first-order valence-electron chi connectivity index (χ1n) is 11.1. The van der Waals surface area contributed by atoms with Crippen LogP contribution in [0.5, 0.6) is 23.0 Å². The van der Waals surface area contributed by atoms with Gasteiger partial charge in [0, 0.05) is 36.6 Å². The van der Waals surface area contributed by atoms with Crippen LogP contribution in [0.3, 0.4) is 0 Å². The Morgan fingerprint density at radius 2 is 1.35 bits per heavy atom. The highest BCUT2D eigenvalue weighted by molar-refractivity contribution is 7.27. The van der Waals surface area contributed by atoms with Crippen molar-refractivity contribution in [2.24, 2.45) is 0 Å². The topological polar surface area (TPSA) is 85.8 Å². The van der Waals surface area contributed by atoms with Crippen LogP contribution in [-0.2, 0) is 0 Å². The first kappa shape index (κ1) is 19.3. The molecule has 0 amide bonds. The highest BCUT2D eigenvalue weighted by Crippen LogP contribution is 2.56. The molecule has 1 aliphatic rings. The van der Waals surface area contributed by atoms with Crippen LogP contribution in [0.15, 0.2) is 66.8 Å². The molecule has 6 heteroatoms. The summed E-state index contributed by atoms with van der Waals surface area (Å²) in [6.45, 7) is 0. The van der Waals surface area contributed by atoms with Crippen molar-refractivity contribution >= 4 is 69.8 Å². The molecule has 5 nitrogen and oxygen atoms in total. The summed E-state index contributed by atoms with van der Waals surface area (Å²) in [5, 5.41) is 48.4. The van der Waals surface area contributed by atoms with Crippen molar-refractivity contribution in [1.29, 1.82) is 0 Å². The Labute approximate surface area is 197 Å². The Hall–Kier alpha value is -4.16. The first-order chi connectivity index (χ1) is 16.6. The predicted molar refractivity (Wildman–Crippen MR) is 139 cm³/mol. The molecule has 0 aliphatic heterocycles. The van der Waals surface area contributed by atoms with Crippen LogP contribution in [0.4, 0.5) is 0 Å². The summed E-state index contributed by atoms with van der Waals surface area (Å²) in [5.41, 5.74) is 1.94. The third-order valence-corrected chi connectivity index (χ3v) is 8.00. The van der Waals surface area contributed by atoms with Gasteiger partial charge in [-0.25, -0.2) is 0 Å². The van der Waals surface area contributed by atoms with Crippen LogP contribution < -0.4 is 0 Å². The third-order valence-electron chi connectivity index (χ3n) is 6.81. The van der Waals surface area contributed by atoms with Crippen LogP contribution in [0.25, 0.3) is 58.4 Å². The number of hydrogen-bond donors (Lipinski definition) is 4. The number of benzene rings is 4. The predicted octanol–water partition coefficient (Wildman–Crippen LogP) is 7.33. The lowest BCUT2D eigenvalue weighted by Gasteiger charge is -2.15. The van der Waals surface area contributed by atoms with Crippen molar-refractivity contribution in [2.45, 2.75) is 12.8 Å². The summed E-state index contributed by atoms with van der Waals surface area (Å²) in [4.78, 5) is 0. The molecule has 0 atom stereocenters. The van der Waals surface area contributed by atoms with Gasteiger partial charge in [-0.1, -0.05) is 54.6 Å². The van der Waals surface area contributed by atoms with Crippen LogP contribution in [0.2, 0.25) is 0 Å². The minimum atomic E-state index is -0.730. The van der Waals surface area contributed by atoms with E-state index in [4.69, 9.17) is 0 Å². The molecule has 0 saturated heterocycles. The lowest BCUT2D eigenvalue weighted by molar-refractivity contribution is 0.350. The van der Waals surface area contributed by atoms with Gasteiger partial charge >= 0.3 is 0 Å². The van der Waals surface area contributed by atoms with Crippen molar-refractivity contribution in [3.63, 3.8) is 0 Å². The fraction of sp³-hybridized carbons (Fsp3) is 0.0714. The fourth-order valence-corrected chi connectivity index (χ4v) is 6.65. The minimum absolute atomic E-state index is 0.274. The molecular formula is C28H19NO4S. The molecule has 2 aromatic heterocycles. The van der Waals surface area contributed by atoms with Crippen LogP contribution in [0.1, 0.15) is 12.8 Å². The SMILES string of the molecule is Oc1c(O)c(O)c2c(c1O)c1c3sc4ccccc4c3c3ccccc3c1n2C1=CCCC=C1. The highest BCUT2D eigenvalue weighted by atomic mass is 32.1. The molecule has 7 rings (SSSR count). The van der Waals surface area contributed by atoms with Gasteiger partial charge < -0.3 is 25.0 Å². The number of fused-ring (bicyclic) bond motifs is 10. The van der Waals surface area contributed by atoms with E-state index in [0.29, 0.717) is 5.39 Å². The summed E-state index contributed by atoms with van der Waals surface area (Å²) >= 11 is 1.62. The molecule has 0 unspecified atom stereocenters. The smallest absolute Gasteiger partial charge is 0.206 e. The summed E-state index contributed by atoms with van der Waals surface area (Å²) in [6.07, 6.45) is 7.91. The molecule has 0 fully saturated rings. The number of hydrogen-bond acceptors (Lipinski definition) is 5. The van der Waals surface area contributed by atoms with E-state index < -0.39 is 23.0 Å². The van der Waals surface area contributed by atoms with Gasteiger partial charge in [0.2, 0.25) is 11.5 Å². The van der Waals surface area contributed by atoms with Gasteiger partial charge in [-0.2, -0.15) is 0 Å². The number of aromatic hydroxyl groups is 4. The van der Waals surface area contributed by atoms with E-state index in [0.717, 1.165) is 60.4 Å². The number of rotatable bonds is 1. The molecule has 0 radical (unpaired) electrons. The Morgan fingerprint density at radius 3 is 2.12 bits per heavy atom. The van der Waals surface area contributed by atoms with E-state index in [9.17, 15) is 20.4 Å². The second-order valence-corrected chi connectivity index (χ2v) is 9.69. The standard InChI is InChI=1S/C28H19NO4S/c30-24-20-21-22(29(14-8-2-1-3-9-14)23(20)25(31)27(33)26(24)32)16-11-5-4-10-15(16)19-17-12-6-7-13-18(17)34-28(19)21/h2,4-13,30-33H,1,3H2. The second kappa shape index (κ2) is 6.68. The van der Waals surface area contributed by atoms with E-state index in [1.165, 1.54) is 0 Å². The Kier molecular flexibility index (Phi) is 3.80. The van der Waals surface area contributed by atoms with Crippen molar-refractivity contribution in [1.82, 2.24) is 4.57 Å². The van der Waals surface area contributed by atoms with Gasteiger partial charge in [0.05, 0.1) is 10.9 Å². The number of phenols is 4. The van der Waals surface area contributed by atoms with Crippen LogP contribution in [-0.4, -0.2) is 25.0 Å². The monoisotopic (exact) mass is 465 g/mol. The van der Waals surface area contributed by atoms with Gasteiger partial charge in [0.1, 0.15) is 5.52 Å².